The van der Waals surface area contributed by atoms with Gasteiger partial charge in [-0.3, -0.25) is 9.69 Å². The van der Waals surface area contributed by atoms with E-state index in [1.54, 1.807) is 0 Å². The Labute approximate surface area is 108 Å². The molecule has 0 radical (unpaired) electrons. The number of pyridine rings is 1. The fraction of sp³-hybridized carbons (Fsp3) is 0.538. The Hall–Kier alpha value is -1.62. The van der Waals surface area contributed by atoms with Crippen LogP contribution in [0.2, 0.25) is 0 Å². The fourth-order valence-corrected chi connectivity index (χ4v) is 2.11. The standard InChI is InChI=1S/C13H20N4O/c1-14-12-5-4-11(8-15-12)9-17-7-3-6-16(2)13(18)10-17/h4-5,8H,3,6-7,9-10H2,1-2H3,(H,14,15). The molecule has 1 saturated heterocycles. The molecule has 2 rings (SSSR count). The molecule has 5 nitrogen and oxygen atoms in total. The predicted octanol–water partition coefficient (Wildman–Crippen LogP) is 0.787. The zero-order valence-electron chi connectivity index (χ0n) is 11.0. The Balaban J connectivity index is 1.97. The minimum atomic E-state index is 0.201. The Kier molecular flexibility index (Phi) is 4.15. The highest BCUT2D eigenvalue weighted by atomic mass is 16.2. The van der Waals surface area contributed by atoms with Gasteiger partial charge in [-0.05, 0) is 18.1 Å². The van der Waals surface area contributed by atoms with E-state index in [0.717, 1.165) is 37.4 Å². The van der Waals surface area contributed by atoms with Crippen molar-refractivity contribution in [3.05, 3.63) is 23.9 Å². The minimum Gasteiger partial charge on any atom is -0.373 e. The number of likely N-dealkylation sites (N-methyl/N-ethyl adjacent to an activating group) is 1. The van der Waals surface area contributed by atoms with E-state index in [9.17, 15) is 4.79 Å². The molecule has 0 aromatic carbocycles. The Morgan fingerprint density at radius 3 is 2.89 bits per heavy atom. The molecule has 0 bridgehead atoms. The van der Waals surface area contributed by atoms with Gasteiger partial charge in [0.25, 0.3) is 0 Å². The third-order valence-electron chi connectivity index (χ3n) is 3.24. The highest BCUT2D eigenvalue weighted by Crippen LogP contribution is 2.10. The largest absolute Gasteiger partial charge is 0.373 e. The molecule has 5 heteroatoms. The van der Waals surface area contributed by atoms with E-state index >= 15 is 0 Å². The lowest BCUT2D eigenvalue weighted by atomic mass is 10.2. The van der Waals surface area contributed by atoms with Crippen LogP contribution in [0.25, 0.3) is 0 Å². The molecule has 98 valence electrons. The van der Waals surface area contributed by atoms with Crippen molar-refractivity contribution in [1.29, 1.82) is 0 Å². The highest BCUT2D eigenvalue weighted by Gasteiger charge is 2.18. The van der Waals surface area contributed by atoms with Gasteiger partial charge in [0.1, 0.15) is 5.82 Å². The first kappa shape index (κ1) is 12.8. The quantitative estimate of drug-likeness (QED) is 0.859. The number of aromatic nitrogens is 1. The van der Waals surface area contributed by atoms with Crippen LogP contribution in [0.15, 0.2) is 18.3 Å². The van der Waals surface area contributed by atoms with Crippen LogP contribution in [-0.2, 0) is 11.3 Å². The molecule has 1 N–H and O–H groups in total. The molecule has 1 aromatic heterocycles. The van der Waals surface area contributed by atoms with Crippen LogP contribution >= 0.6 is 0 Å². The number of hydrogen-bond donors (Lipinski definition) is 1. The smallest absolute Gasteiger partial charge is 0.236 e. The van der Waals surface area contributed by atoms with E-state index in [1.165, 1.54) is 0 Å². The zero-order valence-corrected chi connectivity index (χ0v) is 11.0. The number of nitrogens with one attached hydrogen (secondary N) is 1. The molecule has 0 aliphatic carbocycles. The summed E-state index contributed by atoms with van der Waals surface area (Å²) in [5, 5.41) is 3.00. The van der Waals surface area contributed by atoms with E-state index < -0.39 is 0 Å². The molecule has 2 heterocycles. The van der Waals surface area contributed by atoms with Crippen LogP contribution < -0.4 is 5.32 Å². The van der Waals surface area contributed by atoms with Gasteiger partial charge >= 0.3 is 0 Å². The van der Waals surface area contributed by atoms with Gasteiger partial charge in [-0.1, -0.05) is 6.07 Å². The van der Waals surface area contributed by atoms with Gasteiger partial charge in [-0.15, -0.1) is 0 Å². The normalized spacial score (nSPS) is 17.7. The number of carbonyl (C=O) groups excluding carboxylic acids is 1. The SMILES string of the molecule is CNc1ccc(CN2CCCN(C)C(=O)C2)cn1. The lowest BCUT2D eigenvalue weighted by Crippen LogP contribution is -2.34. The Morgan fingerprint density at radius 2 is 2.22 bits per heavy atom. The number of anilines is 1. The summed E-state index contributed by atoms with van der Waals surface area (Å²) in [5.74, 6) is 1.07. The van der Waals surface area contributed by atoms with Crippen molar-refractivity contribution in [3.63, 3.8) is 0 Å². The maximum Gasteiger partial charge on any atom is 0.236 e. The summed E-state index contributed by atoms with van der Waals surface area (Å²) in [6.07, 6.45) is 2.90. The average Bonchev–Trinajstić information content (AvgIpc) is 2.53. The maximum absolute atomic E-state index is 11.8. The average molecular weight is 248 g/mol. The van der Waals surface area contributed by atoms with Crippen LogP contribution in [-0.4, -0.2) is 54.4 Å². The van der Waals surface area contributed by atoms with Crippen LogP contribution in [0.5, 0.6) is 0 Å². The molecule has 1 aromatic rings. The van der Waals surface area contributed by atoms with Crippen molar-refractivity contribution in [1.82, 2.24) is 14.8 Å². The number of carbonyl (C=O) groups is 1. The summed E-state index contributed by atoms with van der Waals surface area (Å²) in [7, 11) is 3.72. The summed E-state index contributed by atoms with van der Waals surface area (Å²) >= 11 is 0. The Bertz CT molecular complexity index is 404. The van der Waals surface area contributed by atoms with E-state index in [-0.39, 0.29) is 5.91 Å². The van der Waals surface area contributed by atoms with Crippen molar-refractivity contribution in [2.45, 2.75) is 13.0 Å². The van der Waals surface area contributed by atoms with Crippen molar-refractivity contribution >= 4 is 11.7 Å². The van der Waals surface area contributed by atoms with Crippen molar-refractivity contribution < 1.29 is 4.79 Å². The molecular weight excluding hydrogens is 228 g/mol. The molecule has 1 fully saturated rings. The second-order valence-corrected chi connectivity index (χ2v) is 4.68. The highest BCUT2D eigenvalue weighted by molar-refractivity contribution is 5.78. The molecule has 1 aliphatic heterocycles. The van der Waals surface area contributed by atoms with Crippen molar-refractivity contribution in [2.75, 3.05) is 39.0 Å². The van der Waals surface area contributed by atoms with E-state index in [1.807, 2.05) is 31.3 Å². The lowest BCUT2D eigenvalue weighted by molar-refractivity contribution is -0.129. The van der Waals surface area contributed by atoms with Crippen molar-refractivity contribution in [2.24, 2.45) is 0 Å². The monoisotopic (exact) mass is 248 g/mol. The van der Waals surface area contributed by atoms with Gasteiger partial charge in [0, 0.05) is 39.9 Å². The van der Waals surface area contributed by atoms with Gasteiger partial charge in [-0.25, -0.2) is 4.98 Å². The van der Waals surface area contributed by atoms with Gasteiger partial charge in [0.05, 0.1) is 6.54 Å². The molecule has 0 atom stereocenters. The van der Waals surface area contributed by atoms with Crippen LogP contribution in [0, 0.1) is 0 Å². The molecule has 1 amide bonds. The van der Waals surface area contributed by atoms with Gasteiger partial charge in [0.2, 0.25) is 5.91 Å². The molecule has 0 spiro atoms. The number of hydrogen-bond acceptors (Lipinski definition) is 4. The summed E-state index contributed by atoms with van der Waals surface area (Å²) in [4.78, 5) is 20.1. The Morgan fingerprint density at radius 1 is 1.39 bits per heavy atom. The van der Waals surface area contributed by atoms with Gasteiger partial charge < -0.3 is 10.2 Å². The van der Waals surface area contributed by atoms with Crippen LogP contribution in [0.1, 0.15) is 12.0 Å². The van der Waals surface area contributed by atoms with E-state index in [0.29, 0.717) is 6.54 Å². The third-order valence-corrected chi connectivity index (χ3v) is 3.24. The number of amides is 1. The maximum atomic E-state index is 11.8. The molecular formula is C13H20N4O. The van der Waals surface area contributed by atoms with Gasteiger partial charge in [-0.2, -0.15) is 0 Å². The summed E-state index contributed by atoms with van der Waals surface area (Å²) in [5.41, 5.74) is 1.14. The minimum absolute atomic E-state index is 0.201. The molecule has 1 aliphatic rings. The first-order valence-corrected chi connectivity index (χ1v) is 6.28. The fourth-order valence-electron chi connectivity index (χ4n) is 2.11. The van der Waals surface area contributed by atoms with Gasteiger partial charge in [0.15, 0.2) is 0 Å². The first-order valence-electron chi connectivity index (χ1n) is 6.28. The van der Waals surface area contributed by atoms with Crippen LogP contribution in [0.4, 0.5) is 5.82 Å². The second kappa shape index (κ2) is 5.82. The topological polar surface area (TPSA) is 48.5 Å². The third kappa shape index (κ3) is 3.20. The molecule has 0 unspecified atom stereocenters. The van der Waals surface area contributed by atoms with E-state index in [4.69, 9.17) is 0 Å². The summed E-state index contributed by atoms with van der Waals surface area (Å²) in [6, 6.07) is 4.01. The number of rotatable bonds is 3. The summed E-state index contributed by atoms with van der Waals surface area (Å²) in [6.45, 7) is 3.11. The molecule has 0 saturated carbocycles. The van der Waals surface area contributed by atoms with E-state index in [2.05, 4.69) is 21.3 Å². The molecule has 18 heavy (non-hydrogen) atoms. The zero-order chi connectivity index (χ0) is 13.0. The first-order chi connectivity index (χ1) is 8.69. The lowest BCUT2D eigenvalue weighted by Gasteiger charge is -2.19. The van der Waals surface area contributed by atoms with Crippen molar-refractivity contribution in [3.8, 4) is 0 Å². The summed E-state index contributed by atoms with van der Waals surface area (Å²) < 4.78 is 0. The predicted molar refractivity (Wildman–Crippen MR) is 71.3 cm³/mol. The number of nitrogens with zero attached hydrogens (tertiary/aromatic N) is 3. The second-order valence-electron chi connectivity index (χ2n) is 4.68. The van der Waals surface area contributed by atoms with Crippen LogP contribution in [0.3, 0.4) is 0 Å².